The first kappa shape index (κ1) is 9.23. The van der Waals surface area contributed by atoms with Crippen molar-refractivity contribution in [3.05, 3.63) is 34.9 Å². The Labute approximate surface area is 84.3 Å². The lowest BCUT2D eigenvalue weighted by Gasteiger charge is -2.29. The van der Waals surface area contributed by atoms with Crippen molar-refractivity contribution in [2.75, 3.05) is 0 Å². The highest BCUT2D eigenvalue weighted by atomic mass is 14.7. The number of aryl methyl sites for hydroxylation is 1. The summed E-state index contributed by atoms with van der Waals surface area (Å²) in [6.07, 6.45) is 2.41. The quantitative estimate of drug-likeness (QED) is 0.670. The molecule has 0 amide bonds. The third-order valence-electron chi connectivity index (χ3n) is 3.06. The van der Waals surface area contributed by atoms with E-state index >= 15 is 0 Å². The summed E-state index contributed by atoms with van der Waals surface area (Å²) < 4.78 is 0. The molecule has 0 saturated carbocycles. The van der Waals surface area contributed by atoms with Gasteiger partial charge in [0.2, 0.25) is 0 Å². The summed E-state index contributed by atoms with van der Waals surface area (Å²) in [5.41, 5.74) is 9.29. The molecule has 0 aromatic heterocycles. The second-order valence-electron chi connectivity index (χ2n) is 4.16. The van der Waals surface area contributed by atoms with Crippen molar-refractivity contribution in [1.82, 2.24) is 0 Å². The van der Waals surface area contributed by atoms with Crippen LogP contribution >= 0.6 is 0 Å². The summed E-state index contributed by atoms with van der Waals surface area (Å²) in [6.45, 7) is 2.12. The van der Waals surface area contributed by atoms with Gasteiger partial charge in [-0.2, -0.15) is 5.26 Å². The van der Waals surface area contributed by atoms with Crippen LogP contribution in [0.15, 0.2) is 18.2 Å². The summed E-state index contributed by atoms with van der Waals surface area (Å²) >= 11 is 0. The van der Waals surface area contributed by atoms with E-state index < -0.39 is 5.54 Å². The number of nitrogens with two attached hydrogens (primary N) is 1. The Hall–Kier alpha value is -1.33. The molecule has 0 aliphatic heterocycles. The minimum Gasteiger partial charge on any atom is -0.313 e. The molecule has 1 atom stereocenters. The fourth-order valence-corrected chi connectivity index (χ4v) is 2.16. The van der Waals surface area contributed by atoms with Gasteiger partial charge in [-0.3, -0.25) is 0 Å². The molecule has 2 rings (SSSR count). The molecule has 1 aromatic carbocycles. The number of hydrogen-bond acceptors (Lipinski definition) is 2. The number of nitrogens with zero attached hydrogens (tertiary/aromatic N) is 1. The second-order valence-corrected chi connectivity index (χ2v) is 4.16. The Morgan fingerprint density at radius 2 is 2.29 bits per heavy atom. The smallest absolute Gasteiger partial charge is 0.108 e. The molecule has 2 nitrogen and oxygen atoms in total. The van der Waals surface area contributed by atoms with E-state index in [0.717, 1.165) is 12.8 Å². The SMILES string of the molecule is Cc1cccc2c1CCC(N)(C#N)C2. The Morgan fingerprint density at radius 1 is 1.50 bits per heavy atom. The van der Waals surface area contributed by atoms with Crippen LogP contribution in [0.2, 0.25) is 0 Å². The normalized spacial score (nSPS) is 25.2. The maximum Gasteiger partial charge on any atom is 0.108 e. The molecule has 2 heteroatoms. The van der Waals surface area contributed by atoms with Crippen LogP contribution in [0, 0.1) is 18.3 Å². The zero-order chi connectivity index (χ0) is 10.2. The fourth-order valence-electron chi connectivity index (χ4n) is 2.16. The molecule has 1 aromatic rings. The zero-order valence-electron chi connectivity index (χ0n) is 8.38. The molecule has 2 N–H and O–H groups in total. The van der Waals surface area contributed by atoms with Crippen molar-refractivity contribution in [3.63, 3.8) is 0 Å². The molecule has 1 aliphatic carbocycles. The number of fused-ring (bicyclic) bond motifs is 1. The monoisotopic (exact) mass is 186 g/mol. The van der Waals surface area contributed by atoms with Gasteiger partial charge < -0.3 is 5.73 Å². The molecule has 0 spiro atoms. The molecule has 0 bridgehead atoms. The summed E-state index contributed by atoms with van der Waals surface area (Å²) in [7, 11) is 0. The highest BCUT2D eigenvalue weighted by Gasteiger charge is 2.30. The van der Waals surface area contributed by atoms with Gasteiger partial charge >= 0.3 is 0 Å². The molecule has 0 heterocycles. The van der Waals surface area contributed by atoms with Crippen molar-refractivity contribution in [1.29, 1.82) is 5.26 Å². The van der Waals surface area contributed by atoms with Crippen LogP contribution < -0.4 is 5.73 Å². The van der Waals surface area contributed by atoms with E-state index in [9.17, 15) is 0 Å². The van der Waals surface area contributed by atoms with Crippen molar-refractivity contribution < 1.29 is 0 Å². The summed E-state index contributed by atoms with van der Waals surface area (Å²) in [4.78, 5) is 0. The topological polar surface area (TPSA) is 49.8 Å². The minimum absolute atomic E-state index is 0.638. The molecular weight excluding hydrogens is 172 g/mol. The van der Waals surface area contributed by atoms with Gasteiger partial charge in [-0.1, -0.05) is 18.2 Å². The van der Waals surface area contributed by atoms with Gasteiger partial charge in [0, 0.05) is 6.42 Å². The van der Waals surface area contributed by atoms with Crippen molar-refractivity contribution in [2.24, 2.45) is 5.73 Å². The molecule has 1 unspecified atom stereocenters. The third-order valence-corrected chi connectivity index (χ3v) is 3.06. The summed E-state index contributed by atoms with van der Waals surface area (Å²) in [5.74, 6) is 0. The van der Waals surface area contributed by atoms with Crippen LogP contribution in [0.4, 0.5) is 0 Å². The highest BCUT2D eigenvalue weighted by molar-refractivity contribution is 5.39. The van der Waals surface area contributed by atoms with Crippen molar-refractivity contribution in [2.45, 2.75) is 31.7 Å². The molecule has 0 fully saturated rings. The lowest BCUT2D eigenvalue weighted by molar-refractivity contribution is 0.469. The number of benzene rings is 1. The van der Waals surface area contributed by atoms with Gasteiger partial charge in [0.05, 0.1) is 6.07 Å². The number of hydrogen-bond donors (Lipinski definition) is 1. The number of nitriles is 1. The summed E-state index contributed by atoms with van der Waals surface area (Å²) in [6, 6.07) is 8.46. The van der Waals surface area contributed by atoms with Gasteiger partial charge in [0.1, 0.15) is 5.54 Å². The Morgan fingerprint density at radius 3 is 3.00 bits per heavy atom. The maximum atomic E-state index is 8.97. The number of rotatable bonds is 0. The van der Waals surface area contributed by atoms with Gasteiger partial charge in [0.15, 0.2) is 0 Å². The predicted octanol–water partition coefficient (Wildman–Crippen LogP) is 1.70. The lowest BCUT2D eigenvalue weighted by Crippen LogP contribution is -2.43. The van der Waals surface area contributed by atoms with Crippen LogP contribution in [-0.4, -0.2) is 5.54 Å². The second kappa shape index (κ2) is 3.11. The first-order valence-corrected chi connectivity index (χ1v) is 4.92. The van der Waals surface area contributed by atoms with Crippen LogP contribution in [0.5, 0.6) is 0 Å². The molecule has 72 valence electrons. The van der Waals surface area contributed by atoms with Crippen LogP contribution in [0.25, 0.3) is 0 Å². The van der Waals surface area contributed by atoms with Gasteiger partial charge in [-0.25, -0.2) is 0 Å². The van der Waals surface area contributed by atoms with Gasteiger partial charge in [-0.15, -0.1) is 0 Å². The van der Waals surface area contributed by atoms with E-state index in [1.807, 2.05) is 6.07 Å². The lowest BCUT2D eigenvalue weighted by atomic mass is 9.78. The maximum absolute atomic E-state index is 8.97. The first-order valence-electron chi connectivity index (χ1n) is 4.92. The van der Waals surface area contributed by atoms with Crippen LogP contribution in [-0.2, 0) is 12.8 Å². The molecule has 1 aliphatic rings. The predicted molar refractivity (Wildman–Crippen MR) is 55.7 cm³/mol. The largest absolute Gasteiger partial charge is 0.313 e. The van der Waals surface area contributed by atoms with E-state index in [1.54, 1.807) is 0 Å². The van der Waals surface area contributed by atoms with Gasteiger partial charge in [0.25, 0.3) is 0 Å². The van der Waals surface area contributed by atoms with E-state index in [0.29, 0.717) is 6.42 Å². The Balaban J connectivity index is 2.42. The van der Waals surface area contributed by atoms with E-state index in [-0.39, 0.29) is 0 Å². The third kappa shape index (κ3) is 1.40. The standard InChI is InChI=1S/C12H14N2/c1-9-3-2-4-10-7-12(14,8-13)6-5-11(9)10/h2-4H,5-7,14H2,1H3. The van der Waals surface area contributed by atoms with E-state index in [4.69, 9.17) is 11.0 Å². The Kier molecular flexibility index (Phi) is 2.05. The van der Waals surface area contributed by atoms with Gasteiger partial charge in [-0.05, 0) is 36.5 Å². The fraction of sp³-hybridized carbons (Fsp3) is 0.417. The molecule has 0 radical (unpaired) electrons. The van der Waals surface area contributed by atoms with Crippen molar-refractivity contribution in [3.8, 4) is 6.07 Å². The molecule has 0 saturated heterocycles. The molecule has 14 heavy (non-hydrogen) atoms. The summed E-state index contributed by atoms with van der Waals surface area (Å²) in [5, 5.41) is 8.97. The zero-order valence-corrected chi connectivity index (χ0v) is 8.38. The van der Waals surface area contributed by atoms with Crippen LogP contribution in [0.3, 0.4) is 0 Å². The van der Waals surface area contributed by atoms with Crippen molar-refractivity contribution >= 4 is 0 Å². The average Bonchev–Trinajstić information content (AvgIpc) is 2.18. The minimum atomic E-state index is -0.638. The highest BCUT2D eigenvalue weighted by Crippen LogP contribution is 2.28. The van der Waals surface area contributed by atoms with E-state index in [2.05, 4.69) is 25.1 Å². The average molecular weight is 186 g/mol. The molecular formula is C12H14N2. The van der Waals surface area contributed by atoms with E-state index in [1.165, 1.54) is 16.7 Å². The first-order chi connectivity index (χ1) is 6.64. The van der Waals surface area contributed by atoms with Crippen LogP contribution in [0.1, 0.15) is 23.1 Å². The Bertz CT molecular complexity index is 403.